The maximum atomic E-state index is 6.47. The van der Waals surface area contributed by atoms with Gasteiger partial charge in [0.15, 0.2) is 5.96 Å². The lowest BCUT2D eigenvalue weighted by Crippen LogP contribution is -2.46. The van der Waals surface area contributed by atoms with E-state index < -0.39 is 0 Å². The minimum Gasteiger partial charge on any atom is -0.379 e. The molecule has 0 amide bonds. The Hall–Kier alpha value is -0.570. The van der Waals surface area contributed by atoms with Crippen molar-refractivity contribution in [2.75, 3.05) is 46.4 Å². The van der Waals surface area contributed by atoms with Gasteiger partial charge in [-0.05, 0) is 24.0 Å². The number of ether oxygens (including phenoxy) is 1. The number of hydrogen-bond acceptors (Lipinski definition) is 3. The Balaban J connectivity index is 0.00000338. The van der Waals surface area contributed by atoms with Crippen LogP contribution in [-0.2, 0) is 4.74 Å². The van der Waals surface area contributed by atoms with Gasteiger partial charge in [0.05, 0.1) is 19.3 Å². The number of hydrogen-bond donors (Lipinski definition) is 2. The lowest BCUT2D eigenvalue weighted by atomic mass is 10.0. The van der Waals surface area contributed by atoms with Gasteiger partial charge >= 0.3 is 0 Å². The lowest BCUT2D eigenvalue weighted by molar-refractivity contribution is 0.0170. The van der Waals surface area contributed by atoms with Crippen molar-refractivity contribution in [1.82, 2.24) is 15.5 Å². The first-order valence-electron chi connectivity index (χ1n) is 9.12. The van der Waals surface area contributed by atoms with E-state index in [0.717, 1.165) is 62.4 Å². The first kappa shape index (κ1) is 23.5. The highest BCUT2D eigenvalue weighted by Crippen LogP contribution is 2.27. The van der Waals surface area contributed by atoms with Crippen LogP contribution in [0.1, 0.15) is 31.9 Å². The summed E-state index contributed by atoms with van der Waals surface area (Å²) in [4.78, 5) is 6.77. The van der Waals surface area contributed by atoms with Crippen molar-refractivity contribution in [1.29, 1.82) is 0 Å². The fourth-order valence-corrected chi connectivity index (χ4v) is 3.23. The molecule has 2 rings (SSSR count). The zero-order valence-electron chi connectivity index (χ0n) is 16.0. The van der Waals surface area contributed by atoms with Crippen LogP contribution >= 0.6 is 35.6 Å². The monoisotopic (exact) mass is 494 g/mol. The zero-order chi connectivity index (χ0) is 18.1. The molecule has 7 heteroatoms. The molecule has 1 atom stereocenters. The second-order valence-corrected chi connectivity index (χ2v) is 7.16. The van der Waals surface area contributed by atoms with Gasteiger partial charge in [-0.3, -0.25) is 9.89 Å². The summed E-state index contributed by atoms with van der Waals surface area (Å²) in [5.41, 5.74) is 1.15. The van der Waals surface area contributed by atoms with Crippen molar-refractivity contribution in [3.05, 3.63) is 34.9 Å². The van der Waals surface area contributed by atoms with Gasteiger partial charge in [-0.1, -0.05) is 43.6 Å². The highest BCUT2D eigenvalue weighted by atomic mass is 127. The second-order valence-electron chi connectivity index (χ2n) is 6.75. The minimum absolute atomic E-state index is 0. The predicted molar refractivity (Wildman–Crippen MR) is 121 cm³/mol. The number of guanidine groups is 1. The molecule has 1 aromatic carbocycles. The minimum atomic E-state index is 0. The molecule has 0 spiro atoms. The molecule has 0 aromatic heterocycles. The van der Waals surface area contributed by atoms with Crippen LogP contribution in [0.25, 0.3) is 0 Å². The largest absolute Gasteiger partial charge is 0.379 e. The number of benzene rings is 1. The Morgan fingerprint density at radius 2 is 1.92 bits per heavy atom. The van der Waals surface area contributed by atoms with Gasteiger partial charge in [0, 0.05) is 38.2 Å². The van der Waals surface area contributed by atoms with Gasteiger partial charge in [0.1, 0.15) is 0 Å². The molecule has 1 aromatic rings. The molecule has 1 aliphatic heterocycles. The molecule has 1 heterocycles. The molecule has 0 bridgehead atoms. The number of nitrogens with zero attached hydrogens (tertiary/aromatic N) is 2. The predicted octanol–water partition coefficient (Wildman–Crippen LogP) is 3.54. The number of morpholine rings is 1. The third kappa shape index (κ3) is 7.58. The second kappa shape index (κ2) is 12.8. The van der Waals surface area contributed by atoms with Crippen LogP contribution in [0.15, 0.2) is 29.3 Å². The van der Waals surface area contributed by atoms with Gasteiger partial charge in [-0.2, -0.15) is 0 Å². The summed E-state index contributed by atoms with van der Waals surface area (Å²) in [5.74, 6) is 1.51. The summed E-state index contributed by atoms with van der Waals surface area (Å²) < 4.78 is 5.51. The fraction of sp³-hybridized carbons (Fsp3) is 0.632. The number of halogens is 2. The van der Waals surface area contributed by atoms with Gasteiger partial charge in [-0.15, -0.1) is 24.0 Å². The van der Waals surface area contributed by atoms with Crippen LogP contribution in [0.4, 0.5) is 0 Å². The van der Waals surface area contributed by atoms with Crippen LogP contribution in [0.3, 0.4) is 0 Å². The molecule has 1 fully saturated rings. The van der Waals surface area contributed by atoms with Gasteiger partial charge in [0.2, 0.25) is 0 Å². The van der Waals surface area contributed by atoms with E-state index in [4.69, 9.17) is 16.3 Å². The average Bonchev–Trinajstić information content (AvgIpc) is 2.62. The first-order valence-corrected chi connectivity index (χ1v) is 9.50. The van der Waals surface area contributed by atoms with Crippen molar-refractivity contribution >= 4 is 41.5 Å². The van der Waals surface area contributed by atoms with Crippen molar-refractivity contribution < 1.29 is 4.74 Å². The lowest BCUT2D eigenvalue weighted by Gasteiger charge is -2.35. The SMILES string of the molecule is CN=C(NCCC(C)C)NCC(c1ccccc1Cl)N1CCOCC1.I. The van der Waals surface area contributed by atoms with Gasteiger partial charge in [-0.25, -0.2) is 0 Å². The Morgan fingerprint density at radius 1 is 1.23 bits per heavy atom. The summed E-state index contributed by atoms with van der Waals surface area (Å²) in [6.45, 7) is 9.49. The van der Waals surface area contributed by atoms with Crippen LogP contribution in [0, 0.1) is 5.92 Å². The molecular weight excluding hydrogens is 463 g/mol. The molecule has 0 radical (unpaired) electrons. The van der Waals surface area contributed by atoms with E-state index >= 15 is 0 Å². The Bertz CT molecular complexity index is 550. The normalized spacial score (nSPS) is 16.9. The van der Waals surface area contributed by atoms with Crippen molar-refractivity contribution in [2.24, 2.45) is 10.9 Å². The molecule has 5 nitrogen and oxygen atoms in total. The summed E-state index contributed by atoms with van der Waals surface area (Å²) >= 11 is 6.47. The van der Waals surface area contributed by atoms with Crippen molar-refractivity contribution in [3.8, 4) is 0 Å². The Kier molecular flexibility index (Phi) is 11.5. The molecule has 1 saturated heterocycles. The summed E-state index contributed by atoms with van der Waals surface area (Å²) in [5, 5.41) is 7.66. The van der Waals surface area contributed by atoms with Crippen molar-refractivity contribution in [2.45, 2.75) is 26.3 Å². The van der Waals surface area contributed by atoms with Crippen LogP contribution in [0.2, 0.25) is 5.02 Å². The molecule has 1 aliphatic rings. The van der Waals surface area contributed by atoms with Crippen LogP contribution in [0.5, 0.6) is 0 Å². The smallest absolute Gasteiger partial charge is 0.191 e. The third-order valence-electron chi connectivity index (χ3n) is 4.45. The van der Waals surface area contributed by atoms with E-state index in [1.165, 1.54) is 0 Å². The average molecular weight is 495 g/mol. The van der Waals surface area contributed by atoms with E-state index in [9.17, 15) is 0 Å². The van der Waals surface area contributed by atoms with Gasteiger partial charge < -0.3 is 15.4 Å². The van der Waals surface area contributed by atoms with E-state index in [-0.39, 0.29) is 30.0 Å². The zero-order valence-corrected chi connectivity index (χ0v) is 19.1. The molecular formula is C19H32ClIN4O. The molecule has 26 heavy (non-hydrogen) atoms. The third-order valence-corrected chi connectivity index (χ3v) is 4.80. The molecule has 1 unspecified atom stereocenters. The number of rotatable bonds is 7. The van der Waals surface area contributed by atoms with Crippen molar-refractivity contribution in [3.63, 3.8) is 0 Å². The van der Waals surface area contributed by atoms with Gasteiger partial charge in [0.25, 0.3) is 0 Å². The summed E-state index contributed by atoms with van der Waals surface area (Å²) in [7, 11) is 1.81. The molecule has 148 valence electrons. The highest BCUT2D eigenvalue weighted by molar-refractivity contribution is 14.0. The standard InChI is InChI=1S/C19H31ClN4O.HI/c1-15(2)8-9-22-19(21-3)23-14-18(24-10-12-25-13-11-24)16-6-4-5-7-17(16)20;/h4-7,15,18H,8-14H2,1-3H3,(H2,21,22,23);1H. The summed E-state index contributed by atoms with van der Waals surface area (Å²) in [6, 6.07) is 8.28. The van der Waals surface area contributed by atoms with Crippen LogP contribution in [-0.4, -0.2) is 57.3 Å². The number of nitrogens with one attached hydrogen (secondary N) is 2. The maximum absolute atomic E-state index is 6.47. The Morgan fingerprint density at radius 3 is 2.54 bits per heavy atom. The number of aliphatic imine (C=N–C) groups is 1. The fourth-order valence-electron chi connectivity index (χ4n) is 2.96. The highest BCUT2D eigenvalue weighted by Gasteiger charge is 2.24. The first-order chi connectivity index (χ1) is 12.1. The molecule has 0 aliphatic carbocycles. The van der Waals surface area contributed by atoms with E-state index in [2.05, 4.69) is 40.4 Å². The topological polar surface area (TPSA) is 48.9 Å². The summed E-state index contributed by atoms with van der Waals surface area (Å²) in [6.07, 6.45) is 1.12. The van der Waals surface area contributed by atoms with E-state index in [0.29, 0.717) is 5.92 Å². The van der Waals surface area contributed by atoms with E-state index in [1.807, 2.05) is 25.2 Å². The molecule has 0 saturated carbocycles. The quantitative estimate of drug-likeness (QED) is 0.346. The Labute approximate surface area is 179 Å². The van der Waals surface area contributed by atoms with E-state index in [1.54, 1.807) is 0 Å². The maximum Gasteiger partial charge on any atom is 0.191 e. The van der Waals surface area contributed by atoms with Crippen LogP contribution < -0.4 is 10.6 Å². The molecule has 2 N–H and O–H groups in total.